The molecule has 3 nitrogen and oxygen atoms in total. The molecule has 1 amide bonds. The van der Waals surface area contributed by atoms with Crippen LogP contribution in [-0.4, -0.2) is 27.5 Å². The van der Waals surface area contributed by atoms with Crippen LogP contribution in [0.15, 0.2) is 0 Å². The van der Waals surface area contributed by atoms with E-state index in [-0.39, 0.29) is 16.7 Å². The van der Waals surface area contributed by atoms with E-state index in [0.29, 0.717) is 6.17 Å². The van der Waals surface area contributed by atoms with Crippen LogP contribution in [0.1, 0.15) is 41.0 Å². The maximum atomic E-state index is 12.2. The third-order valence-corrected chi connectivity index (χ3v) is 4.95. The Balaban J connectivity index is 4.41. The first-order valence-electron chi connectivity index (χ1n) is 6.23. The third kappa shape index (κ3) is 6.84. The maximum Gasteiger partial charge on any atom is 0.225 e. The molecular formula is C13H29NO2Si. The SMILES string of the molecule is CO[Si](C)(C)CNC(=O)C(C)(C)CC(C)(C)C. The first kappa shape index (κ1) is 16.6. The van der Waals surface area contributed by atoms with Gasteiger partial charge in [-0.15, -0.1) is 0 Å². The van der Waals surface area contributed by atoms with Crippen LogP contribution in [-0.2, 0) is 9.22 Å². The van der Waals surface area contributed by atoms with Gasteiger partial charge in [0.2, 0.25) is 14.2 Å². The standard InChI is InChI=1S/C13H29NO2Si/c1-12(2,3)9-13(4,5)11(15)14-10-17(7,8)16-6/h9-10H2,1-8H3,(H,14,15). The second-order valence-electron chi connectivity index (χ2n) is 7.27. The van der Waals surface area contributed by atoms with Crippen LogP contribution in [0.3, 0.4) is 0 Å². The smallest absolute Gasteiger partial charge is 0.225 e. The van der Waals surface area contributed by atoms with E-state index in [1.807, 2.05) is 13.8 Å². The monoisotopic (exact) mass is 259 g/mol. The number of rotatable bonds is 5. The zero-order chi connectivity index (χ0) is 13.9. The average molecular weight is 259 g/mol. The topological polar surface area (TPSA) is 38.3 Å². The molecule has 0 spiro atoms. The minimum Gasteiger partial charge on any atom is -0.419 e. The van der Waals surface area contributed by atoms with Crippen LogP contribution >= 0.6 is 0 Å². The molecule has 1 N–H and O–H groups in total. The Morgan fingerprint density at radius 1 is 1.18 bits per heavy atom. The van der Waals surface area contributed by atoms with Crippen molar-refractivity contribution in [2.45, 2.75) is 54.1 Å². The molecule has 0 unspecified atom stereocenters. The lowest BCUT2D eigenvalue weighted by molar-refractivity contribution is -0.130. The van der Waals surface area contributed by atoms with E-state index in [1.165, 1.54) is 0 Å². The molecule has 0 rings (SSSR count). The molecule has 0 aromatic carbocycles. The van der Waals surface area contributed by atoms with Gasteiger partial charge in [0.15, 0.2) is 0 Å². The van der Waals surface area contributed by atoms with Crippen LogP contribution in [0.4, 0.5) is 0 Å². The van der Waals surface area contributed by atoms with Gasteiger partial charge in [0.25, 0.3) is 0 Å². The van der Waals surface area contributed by atoms with Crippen LogP contribution < -0.4 is 5.32 Å². The van der Waals surface area contributed by atoms with Crippen molar-refractivity contribution in [3.63, 3.8) is 0 Å². The number of carbonyl (C=O) groups is 1. The average Bonchev–Trinajstić information content (AvgIpc) is 2.10. The van der Waals surface area contributed by atoms with Crippen molar-refractivity contribution in [2.75, 3.05) is 13.3 Å². The summed E-state index contributed by atoms with van der Waals surface area (Å²) in [6.45, 7) is 14.7. The predicted octanol–water partition coefficient (Wildman–Crippen LogP) is 2.96. The summed E-state index contributed by atoms with van der Waals surface area (Å²) in [6.07, 6.45) is 1.55. The van der Waals surface area contributed by atoms with Crippen molar-refractivity contribution in [1.29, 1.82) is 0 Å². The normalized spacial score (nSPS) is 13.6. The van der Waals surface area contributed by atoms with Crippen LogP contribution in [0.25, 0.3) is 0 Å². The fraction of sp³-hybridized carbons (Fsp3) is 0.923. The number of amides is 1. The molecule has 4 heteroatoms. The summed E-state index contributed by atoms with van der Waals surface area (Å²) >= 11 is 0. The summed E-state index contributed by atoms with van der Waals surface area (Å²) in [5.41, 5.74) is -0.161. The number of nitrogens with one attached hydrogen (secondary N) is 1. The van der Waals surface area contributed by atoms with Gasteiger partial charge in [-0.05, 0) is 24.9 Å². The maximum absolute atomic E-state index is 12.2. The zero-order valence-corrected chi connectivity index (χ0v) is 13.7. The molecular weight excluding hydrogens is 230 g/mol. The Morgan fingerprint density at radius 2 is 1.65 bits per heavy atom. The molecule has 0 saturated heterocycles. The molecule has 0 aliphatic heterocycles. The fourth-order valence-electron chi connectivity index (χ4n) is 2.01. The minimum atomic E-state index is -1.71. The van der Waals surface area contributed by atoms with E-state index >= 15 is 0 Å². The summed E-state index contributed by atoms with van der Waals surface area (Å²) < 4.78 is 5.43. The second kappa shape index (κ2) is 5.53. The summed E-state index contributed by atoms with van der Waals surface area (Å²) in [7, 11) is 0.0115. The van der Waals surface area contributed by atoms with E-state index in [9.17, 15) is 4.79 Å². The van der Waals surface area contributed by atoms with Crippen molar-refractivity contribution in [2.24, 2.45) is 10.8 Å². The first-order valence-corrected chi connectivity index (χ1v) is 9.35. The molecule has 0 saturated carbocycles. The van der Waals surface area contributed by atoms with E-state index in [1.54, 1.807) is 7.11 Å². The lowest BCUT2D eigenvalue weighted by Crippen LogP contribution is -2.48. The third-order valence-electron chi connectivity index (χ3n) is 2.81. The Morgan fingerprint density at radius 3 is 2.00 bits per heavy atom. The van der Waals surface area contributed by atoms with Gasteiger partial charge in [-0.1, -0.05) is 34.6 Å². The summed E-state index contributed by atoms with van der Waals surface area (Å²) in [4.78, 5) is 12.2. The number of hydrogen-bond donors (Lipinski definition) is 1. The van der Waals surface area contributed by atoms with Crippen molar-refractivity contribution in [3.05, 3.63) is 0 Å². The highest BCUT2D eigenvalue weighted by molar-refractivity contribution is 6.71. The Labute approximate surface area is 107 Å². The summed E-state index contributed by atoms with van der Waals surface area (Å²) in [6, 6.07) is 0. The van der Waals surface area contributed by atoms with E-state index in [2.05, 4.69) is 39.2 Å². The Bertz CT molecular complexity index is 267. The van der Waals surface area contributed by atoms with Crippen molar-refractivity contribution < 1.29 is 9.22 Å². The quantitative estimate of drug-likeness (QED) is 0.771. The van der Waals surface area contributed by atoms with Crippen LogP contribution in [0.5, 0.6) is 0 Å². The van der Waals surface area contributed by atoms with Crippen molar-refractivity contribution >= 4 is 14.2 Å². The van der Waals surface area contributed by atoms with Gasteiger partial charge >= 0.3 is 0 Å². The highest BCUT2D eigenvalue weighted by atomic mass is 28.4. The molecule has 0 bridgehead atoms. The molecule has 17 heavy (non-hydrogen) atoms. The largest absolute Gasteiger partial charge is 0.419 e. The molecule has 0 aromatic heterocycles. The number of hydrogen-bond acceptors (Lipinski definition) is 2. The van der Waals surface area contributed by atoms with Gasteiger partial charge in [-0.25, -0.2) is 0 Å². The molecule has 0 aromatic rings. The molecule has 0 fully saturated rings. The van der Waals surface area contributed by atoms with E-state index in [0.717, 1.165) is 6.42 Å². The molecule has 0 aliphatic rings. The van der Waals surface area contributed by atoms with Crippen LogP contribution in [0.2, 0.25) is 13.1 Å². The van der Waals surface area contributed by atoms with E-state index in [4.69, 9.17) is 4.43 Å². The lowest BCUT2D eigenvalue weighted by atomic mass is 9.76. The number of carbonyl (C=O) groups excluding carboxylic acids is 1. The minimum absolute atomic E-state index is 0.130. The zero-order valence-electron chi connectivity index (χ0n) is 12.7. The van der Waals surface area contributed by atoms with Gasteiger partial charge in [-0.3, -0.25) is 4.79 Å². The molecule has 0 radical (unpaired) electrons. The van der Waals surface area contributed by atoms with Gasteiger partial charge in [-0.2, -0.15) is 0 Å². The first-order chi connectivity index (χ1) is 7.40. The van der Waals surface area contributed by atoms with Gasteiger partial charge < -0.3 is 9.74 Å². The lowest BCUT2D eigenvalue weighted by Gasteiger charge is -2.32. The van der Waals surface area contributed by atoms with Gasteiger partial charge in [0.05, 0.1) is 0 Å². The fourth-order valence-corrected chi connectivity index (χ4v) is 2.74. The molecule has 102 valence electrons. The summed E-state index contributed by atoms with van der Waals surface area (Å²) in [5, 5.41) is 3.03. The molecule has 0 atom stereocenters. The van der Waals surface area contributed by atoms with Crippen molar-refractivity contribution in [1.82, 2.24) is 5.32 Å². The molecule has 0 aliphatic carbocycles. The van der Waals surface area contributed by atoms with Gasteiger partial charge in [0.1, 0.15) is 0 Å². The second-order valence-corrected chi connectivity index (χ2v) is 11.5. The highest BCUT2D eigenvalue weighted by Crippen LogP contribution is 2.33. The van der Waals surface area contributed by atoms with Gasteiger partial charge in [0, 0.05) is 18.7 Å². The molecule has 0 heterocycles. The van der Waals surface area contributed by atoms with E-state index < -0.39 is 8.32 Å². The Hall–Kier alpha value is -0.353. The Kier molecular flexibility index (Phi) is 5.41. The summed E-state index contributed by atoms with van der Waals surface area (Å²) in [5.74, 6) is 0.130. The predicted molar refractivity (Wildman–Crippen MR) is 75.4 cm³/mol. The van der Waals surface area contributed by atoms with Crippen LogP contribution in [0, 0.1) is 10.8 Å². The van der Waals surface area contributed by atoms with Crippen molar-refractivity contribution in [3.8, 4) is 0 Å². The highest BCUT2D eigenvalue weighted by Gasteiger charge is 2.33.